The van der Waals surface area contributed by atoms with Crippen LogP contribution in [0.1, 0.15) is 12.5 Å². The minimum atomic E-state index is -0.204. The molecule has 1 atom stereocenters. The highest BCUT2D eigenvalue weighted by atomic mass is 15.0. The Hall–Kier alpha value is -2.46. The van der Waals surface area contributed by atoms with Crippen molar-refractivity contribution in [3.63, 3.8) is 0 Å². The zero-order valence-corrected chi connectivity index (χ0v) is 12.1. The molecular formula is C17H20N4. The Balaban J connectivity index is 1.94. The summed E-state index contributed by atoms with van der Waals surface area (Å²) in [5, 5.41) is 6.52. The largest absolute Gasteiger partial charge is 0.399 e. The number of hydrogen-bond donors (Lipinski definition) is 4. The number of nitrogen functional groups attached to an aromatic ring is 1. The molecule has 4 nitrogen and oxygen atoms in total. The molecule has 0 saturated carbocycles. The van der Waals surface area contributed by atoms with Crippen LogP contribution in [0.4, 0.5) is 5.69 Å². The fourth-order valence-corrected chi connectivity index (χ4v) is 2.54. The van der Waals surface area contributed by atoms with Crippen molar-refractivity contribution in [3.8, 4) is 0 Å². The Morgan fingerprint density at radius 1 is 1.10 bits per heavy atom. The second-order valence-electron chi connectivity index (χ2n) is 5.33. The molecule has 1 unspecified atom stereocenters. The lowest BCUT2D eigenvalue weighted by Gasteiger charge is -2.24. The Labute approximate surface area is 124 Å². The summed E-state index contributed by atoms with van der Waals surface area (Å²) in [6, 6.07) is 7.80. The van der Waals surface area contributed by atoms with E-state index in [4.69, 9.17) is 11.5 Å². The minimum Gasteiger partial charge on any atom is -0.399 e. The number of anilines is 1. The lowest BCUT2D eigenvalue weighted by atomic mass is 9.94. The molecule has 2 heterocycles. The maximum atomic E-state index is 6.17. The molecule has 21 heavy (non-hydrogen) atoms. The minimum absolute atomic E-state index is 0.204. The fourth-order valence-electron chi connectivity index (χ4n) is 2.54. The summed E-state index contributed by atoms with van der Waals surface area (Å²) in [7, 11) is 0. The SMILES string of the molecule is CC1=CC(C2=CNC(N)C(c3ccc(N)cc3)=C2)=CCN1. The highest BCUT2D eigenvalue weighted by Gasteiger charge is 2.17. The average molecular weight is 280 g/mol. The molecule has 1 aromatic rings. The van der Waals surface area contributed by atoms with Crippen LogP contribution in [-0.4, -0.2) is 12.7 Å². The first-order chi connectivity index (χ1) is 10.1. The highest BCUT2D eigenvalue weighted by molar-refractivity contribution is 5.76. The molecular weight excluding hydrogens is 260 g/mol. The van der Waals surface area contributed by atoms with Gasteiger partial charge in [0.1, 0.15) is 6.17 Å². The van der Waals surface area contributed by atoms with E-state index in [0.29, 0.717) is 0 Å². The Bertz CT molecular complexity index is 663. The topological polar surface area (TPSA) is 76.1 Å². The standard InChI is InChI=1S/C17H20N4/c1-11-8-13(6-7-20-11)14-9-16(17(19)21-10-14)12-2-4-15(18)5-3-12/h2-6,8-10,17,20-21H,7,18-19H2,1H3. The monoisotopic (exact) mass is 280 g/mol. The van der Waals surface area contributed by atoms with E-state index in [0.717, 1.165) is 28.9 Å². The zero-order valence-electron chi connectivity index (χ0n) is 12.1. The van der Waals surface area contributed by atoms with Crippen LogP contribution in [0.15, 0.2) is 65.5 Å². The summed E-state index contributed by atoms with van der Waals surface area (Å²) in [5.41, 5.74) is 18.3. The lowest BCUT2D eigenvalue weighted by molar-refractivity contribution is 0.739. The molecule has 108 valence electrons. The van der Waals surface area contributed by atoms with Gasteiger partial charge in [-0.05, 0) is 53.5 Å². The third-order valence-corrected chi connectivity index (χ3v) is 3.72. The van der Waals surface area contributed by atoms with Gasteiger partial charge in [0.25, 0.3) is 0 Å². The number of allylic oxidation sites excluding steroid dienone is 5. The zero-order chi connectivity index (χ0) is 14.8. The molecule has 2 aliphatic rings. The Morgan fingerprint density at radius 2 is 1.86 bits per heavy atom. The van der Waals surface area contributed by atoms with Crippen LogP contribution in [0.2, 0.25) is 0 Å². The molecule has 1 aromatic carbocycles. The Morgan fingerprint density at radius 3 is 2.57 bits per heavy atom. The van der Waals surface area contributed by atoms with Gasteiger partial charge in [-0.1, -0.05) is 18.2 Å². The molecule has 2 aliphatic heterocycles. The van der Waals surface area contributed by atoms with Crippen molar-refractivity contribution in [2.75, 3.05) is 12.3 Å². The van der Waals surface area contributed by atoms with Crippen LogP contribution < -0.4 is 22.1 Å². The van der Waals surface area contributed by atoms with E-state index in [9.17, 15) is 0 Å². The molecule has 6 N–H and O–H groups in total. The van der Waals surface area contributed by atoms with Crippen LogP contribution >= 0.6 is 0 Å². The maximum absolute atomic E-state index is 6.17. The molecule has 0 bridgehead atoms. The van der Waals surface area contributed by atoms with E-state index in [1.54, 1.807) is 0 Å². The van der Waals surface area contributed by atoms with E-state index in [1.165, 1.54) is 11.3 Å². The normalized spacial score (nSPS) is 21.3. The fraction of sp³-hybridized carbons (Fsp3) is 0.176. The van der Waals surface area contributed by atoms with Crippen molar-refractivity contribution in [3.05, 3.63) is 71.1 Å². The molecule has 4 heteroatoms. The van der Waals surface area contributed by atoms with Gasteiger partial charge in [-0.2, -0.15) is 0 Å². The van der Waals surface area contributed by atoms with Gasteiger partial charge in [-0.15, -0.1) is 0 Å². The first-order valence-electron chi connectivity index (χ1n) is 7.05. The van der Waals surface area contributed by atoms with E-state index in [-0.39, 0.29) is 6.17 Å². The summed E-state index contributed by atoms with van der Waals surface area (Å²) in [6.45, 7) is 2.92. The van der Waals surface area contributed by atoms with Gasteiger partial charge in [-0.3, -0.25) is 0 Å². The van der Waals surface area contributed by atoms with Crippen LogP contribution in [0.3, 0.4) is 0 Å². The predicted molar refractivity (Wildman–Crippen MR) is 87.9 cm³/mol. The molecule has 0 radical (unpaired) electrons. The first-order valence-corrected chi connectivity index (χ1v) is 7.05. The van der Waals surface area contributed by atoms with Gasteiger partial charge in [0.15, 0.2) is 0 Å². The third-order valence-electron chi connectivity index (χ3n) is 3.72. The summed E-state index contributed by atoms with van der Waals surface area (Å²) in [5.74, 6) is 0. The van der Waals surface area contributed by atoms with E-state index >= 15 is 0 Å². The number of hydrogen-bond acceptors (Lipinski definition) is 4. The second-order valence-corrected chi connectivity index (χ2v) is 5.33. The van der Waals surface area contributed by atoms with Gasteiger partial charge in [-0.25, -0.2) is 0 Å². The van der Waals surface area contributed by atoms with Gasteiger partial charge in [0.05, 0.1) is 0 Å². The highest BCUT2D eigenvalue weighted by Crippen LogP contribution is 2.27. The van der Waals surface area contributed by atoms with E-state index in [1.807, 2.05) is 30.5 Å². The van der Waals surface area contributed by atoms with Crippen molar-refractivity contribution in [2.45, 2.75) is 13.1 Å². The molecule has 0 spiro atoms. The van der Waals surface area contributed by atoms with Gasteiger partial charge in [0.2, 0.25) is 0 Å². The van der Waals surface area contributed by atoms with Crippen molar-refractivity contribution < 1.29 is 0 Å². The molecule has 0 saturated heterocycles. The molecule has 0 aromatic heterocycles. The van der Waals surface area contributed by atoms with Crippen LogP contribution in [0, 0.1) is 0 Å². The molecule has 0 fully saturated rings. The number of nitrogens with two attached hydrogens (primary N) is 2. The van der Waals surface area contributed by atoms with Crippen molar-refractivity contribution in [1.29, 1.82) is 0 Å². The first kappa shape index (κ1) is 13.5. The quantitative estimate of drug-likeness (QED) is 0.624. The van der Waals surface area contributed by atoms with E-state index < -0.39 is 0 Å². The second kappa shape index (κ2) is 5.50. The van der Waals surface area contributed by atoms with Crippen LogP contribution in [-0.2, 0) is 0 Å². The van der Waals surface area contributed by atoms with E-state index in [2.05, 4.69) is 35.8 Å². The third kappa shape index (κ3) is 2.85. The van der Waals surface area contributed by atoms with Crippen molar-refractivity contribution in [2.24, 2.45) is 5.73 Å². The molecule has 3 rings (SSSR count). The van der Waals surface area contributed by atoms with Crippen molar-refractivity contribution in [1.82, 2.24) is 10.6 Å². The smallest absolute Gasteiger partial charge is 0.101 e. The van der Waals surface area contributed by atoms with Crippen LogP contribution in [0.5, 0.6) is 0 Å². The van der Waals surface area contributed by atoms with Gasteiger partial charge < -0.3 is 22.1 Å². The molecule has 0 amide bonds. The Kier molecular flexibility index (Phi) is 3.54. The summed E-state index contributed by atoms with van der Waals surface area (Å²) in [4.78, 5) is 0. The maximum Gasteiger partial charge on any atom is 0.101 e. The molecule has 0 aliphatic carbocycles. The lowest BCUT2D eigenvalue weighted by Crippen LogP contribution is -2.37. The van der Waals surface area contributed by atoms with Crippen molar-refractivity contribution >= 4 is 11.3 Å². The van der Waals surface area contributed by atoms with Crippen LogP contribution in [0.25, 0.3) is 5.57 Å². The van der Waals surface area contributed by atoms with Gasteiger partial charge in [0, 0.05) is 24.1 Å². The van der Waals surface area contributed by atoms with Gasteiger partial charge >= 0.3 is 0 Å². The summed E-state index contributed by atoms with van der Waals surface area (Å²) >= 11 is 0. The number of rotatable bonds is 2. The number of nitrogens with one attached hydrogen (secondary N) is 2. The number of dihydropyridines is 2. The average Bonchev–Trinajstić information content (AvgIpc) is 2.49. The predicted octanol–water partition coefficient (Wildman–Crippen LogP) is 1.86. The number of benzene rings is 1. The summed E-state index contributed by atoms with van der Waals surface area (Å²) < 4.78 is 0. The summed E-state index contributed by atoms with van der Waals surface area (Å²) in [6.07, 6.45) is 8.24.